The van der Waals surface area contributed by atoms with Gasteiger partial charge in [-0.1, -0.05) is 34.6 Å². The Hall–Kier alpha value is -1.24. The third-order valence-corrected chi connectivity index (χ3v) is 4.05. The Morgan fingerprint density at radius 1 is 1.37 bits per heavy atom. The van der Waals surface area contributed by atoms with E-state index in [9.17, 15) is 0 Å². The molecule has 0 spiro atoms. The molecule has 0 amide bonds. The molecule has 1 aromatic heterocycles. The fourth-order valence-electron chi connectivity index (χ4n) is 1.42. The Labute approximate surface area is 127 Å². The van der Waals surface area contributed by atoms with Crippen LogP contribution in [0.4, 0.5) is 0 Å². The number of benzene rings is 1. The predicted octanol–water partition coefficient (Wildman–Crippen LogP) is 3.74. The Morgan fingerprint density at radius 2 is 2.16 bits per heavy atom. The number of halogens is 2. The summed E-state index contributed by atoms with van der Waals surface area (Å²) in [5.41, 5.74) is 6.15. The minimum absolute atomic E-state index is 0.0230. The van der Waals surface area contributed by atoms with E-state index in [1.165, 1.54) is 11.8 Å². The maximum Gasteiger partial charge on any atom is 0.172 e. The van der Waals surface area contributed by atoms with Gasteiger partial charge in [-0.2, -0.15) is 0 Å². The molecule has 0 aliphatic rings. The van der Waals surface area contributed by atoms with Gasteiger partial charge in [0.15, 0.2) is 5.84 Å². The molecule has 0 saturated carbocycles. The summed E-state index contributed by atoms with van der Waals surface area (Å²) in [6.07, 6.45) is 1.70. The van der Waals surface area contributed by atoms with Gasteiger partial charge >= 0.3 is 0 Å². The smallest absolute Gasteiger partial charge is 0.172 e. The summed E-state index contributed by atoms with van der Waals surface area (Å²) in [5, 5.41) is 13.0. The molecule has 0 unspecified atom stereocenters. The molecular formula is C12H9BrClN3OS. The summed E-state index contributed by atoms with van der Waals surface area (Å²) >= 11 is 10.8. The number of rotatable bonds is 3. The highest BCUT2D eigenvalue weighted by Gasteiger charge is 2.13. The van der Waals surface area contributed by atoms with Crippen LogP contribution in [0.5, 0.6) is 0 Å². The van der Waals surface area contributed by atoms with E-state index in [1.807, 2.05) is 18.2 Å². The third-order valence-electron chi connectivity index (χ3n) is 2.25. The van der Waals surface area contributed by atoms with Crippen LogP contribution in [0.2, 0.25) is 5.02 Å². The number of oxime groups is 1. The molecule has 2 aromatic rings. The average molecular weight is 359 g/mol. The Bertz CT molecular complexity index is 619. The van der Waals surface area contributed by atoms with Crippen molar-refractivity contribution in [1.82, 2.24) is 4.98 Å². The lowest BCUT2D eigenvalue weighted by Gasteiger charge is -2.09. The first-order chi connectivity index (χ1) is 9.11. The fourth-order valence-corrected chi connectivity index (χ4v) is 2.92. The van der Waals surface area contributed by atoms with Crippen molar-refractivity contribution >= 4 is 45.1 Å². The van der Waals surface area contributed by atoms with Gasteiger partial charge in [0.2, 0.25) is 0 Å². The molecule has 0 fully saturated rings. The van der Waals surface area contributed by atoms with Gasteiger partial charge in [0, 0.05) is 15.6 Å². The number of hydrogen-bond acceptors (Lipinski definition) is 4. The molecule has 3 N–H and O–H groups in total. The molecule has 98 valence electrons. The Balaban J connectivity index is 2.40. The summed E-state index contributed by atoms with van der Waals surface area (Å²) in [6, 6.07) is 9.09. The van der Waals surface area contributed by atoms with Crippen molar-refractivity contribution in [2.24, 2.45) is 10.9 Å². The molecule has 4 nitrogen and oxygen atoms in total. The van der Waals surface area contributed by atoms with Crippen LogP contribution in [0.15, 0.2) is 56.1 Å². The number of aromatic nitrogens is 1. The van der Waals surface area contributed by atoms with Crippen LogP contribution in [0.3, 0.4) is 0 Å². The van der Waals surface area contributed by atoms with Crippen LogP contribution >= 0.6 is 39.3 Å². The van der Waals surface area contributed by atoms with Gasteiger partial charge in [0.05, 0.1) is 10.6 Å². The second-order valence-electron chi connectivity index (χ2n) is 3.51. The Kier molecular flexibility index (Phi) is 4.68. The summed E-state index contributed by atoms with van der Waals surface area (Å²) in [5.74, 6) is -0.0230. The maximum atomic E-state index is 8.81. The molecular weight excluding hydrogens is 350 g/mol. The zero-order valence-electron chi connectivity index (χ0n) is 9.55. The monoisotopic (exact) mass is 357 g/mol. The standard InChI is InChI=1S/C12H9BrClN3OS/c13-7-4-5-10(16-6-7)19-9-3-1-2-8(14)11(9)12(15)17-18/h1-6,18H,(H2,15,17). The lowest BCUT2D eigenvalue weighted by atomic mass is 10.2. The van der Waals surface area contributed by atoms with E-state index < -0.39 is 0 Å². The second-order valence-corrected chi connectivity index (χ2v) is 5.90. The third kappa shape index (κ3) is 3.40. The van der Waals surface area contributed by atoms with Crippen molar-refractivity contribution < 1.29 is 5.21 Å². The van der Waals surface area contributed by atoms with Crippen LogP contribution in [0.25, 0.3) is 0 Å². The maximum absolute atomic E-state index is 8.81. The highest BCUT2D eigenvalue weighted by molar-refractivity contribution is 9.10. The zero-order valence-corrected chi connectivity index (χ0v) is 12.7. The lowest BCUT2D eigenvalue weighted by molar-refractivity contribution is 0.318. The number of hydrogen-bond donors (Lipinski definition) is 2. The largest absolute Gasteiger partial charge is 0.409 e. The predicted molar refractivity (Wildman–Crippen MR) is 80.0 cm³/mol. The fraction of sp³-hybridized carbons (Fsp3) is 0. The highest BCUT2D eigenvalue weighted by Crippen LogP contribution is 2.33. The van der Waals surface area contributed by atoms with Crippen molar-refractivity contribution in [3.8, 4) is 0 Å². The molecule has 2 rings (SSSR count). The lowest BCUT2D eigenvalue weighted by Crippen LogP contribution is -2.14. The van der Waals surface area contributed by atoms with Crippen LogP contribution in [0, 0.1) is 0 Å². The topological polar surface area (TPSA) is 71.5 Å². The van der Waals surface area contributed by atoms with Gasteiger partial charge in [-0.25, -0.2) is 4.98 Å². The summed E-state index contributed by atoms with van der Waals surface area (Å²) in [4.78, 5) is 5.03. The minimum atomic E-state index is -0.0230. The number of nitrogens with zero attached hydrogens (tertiary/aromatic N) is 2. The van der Waals surface area contributed by atoms with Gasteiger partial charge in [-0.15, -0.1) is 0 Å². The van der Waals surface area contributed by atoms with Gasteiger partial charge in [-0.3, -0.25) is 0 Å². The van der Waals surface area contributed by atoms with Crippen molar-refractivity contribution in [2.45, 2.75) is 9.92 Å². The van der Waals surface area contributed by atoms with Gasteiger partial charge in [0.25, 0.3) is 0 Å². The summed E-state index contributed by atoms with van der Waals surface area (Å²) < 4.78 is 0.902. The first kappa shape index (κ1) is 14.2. The van der Waals surface area contributed by atoms with E-state index in [0.717, 1.165) is 14.4 Å². The molecule has 0 aliphatic carbocycles. The van der Waals surface area contributed by atoms with E-state index in [1.54, 1.807) is 18.3 Å². The first-order valence-electron chi connectivity index (χ1n) is 5.17. The van der Waals surface area contributed by atoms with E-state index >= 15 is 0 Å². The van der Waals surface area contributed by atoms with Crippen molar-refractivity contribution in [3.05, 3.63) is 51.6 Å². The molecule has 0 saturated heterocycles. The summed E-state index contributed by atoms with van der Waals surface area (Å²) in [6.45, 7) is 0. The Morgan fingerprint density at radius 3 is 2.79 bits per heavy atom. The SMILES string of the molecule is NC(=NO)c1c(Cl)cccc1Sc1ccc(Br)cn1. The highest BCUT2D eigenvalue weighted by atomic mass is 79.9. The van der Waals surface area contributed by atoms with Gasteiger partial charge in [-0.05, 0) is 40.2 Å². The van der Waals surface area contributed by atoms with Crippen LogP contribution in [-0.2, 0) is 0 Å². The van der Waals surface area contributed by atoms with E-state index in [4.69, 9.17) is 22.5 Å². The summed E-state index contributed by atoms with van der Waals surface area (Å²) in [7, 11) is 0. The molecule has 1 aromatic carbocycles. The van der Waals surface area contributed by atoms with E-state index in [-0.39, 0.29) is 5.84 Å². The van der Waals surface area contributed by atoms with Crippen LogP contribution < -0.4 is 5.73 Å². The van der Waals surface area contributed by atoms with Gasteiger partial charge in [0.1, 0.15) is 5.03 Å². The van der Waals surface area contributed by atoms with Crippen molar-refractivity contribution in [2.75, 3.05) is 0 Å². The van der Waals surface area contributed by atoms with E-state index in [2.05, 4.69) is 26.1 Å². The van der Waals surface area contributed by atoms with Crippen molar-refractivity contribution in [3.63, 3.8) is 0 Å². The van der Waals surface area contributed by atoms with Gasteiger partial charge < -0.3 is 10.9 Å². The minimum Gasteiger partial charge on any atom is -0.409 e. The molecule has 19 heavy (non-hydrogen) atoms. The quantitative estimate of drug-likeness (QED) is 0.379. The van der Waals surface area contributed by atoms with Crippen molar-refractivity contribution in [1.29, 1.82) is 0 Å². The zero-order chi connectivity index (χ0) is 13.8. The normalized spacial score (nSPS) is 11.6. The second kappa shape index (κ2) is 6.27. The number of amidine groups is 1. The average Bonchev–Trinajstić information content (AvgIpc) is 2.41. The molecule has 0 atom stereocenters. The number of nitrogens with two attached hydrogens (primary N) is 1. The first-order valence-corrected chi connectivity index (χ1v) is 7.16. The molecule has 1 heterocycles. The van der Waals surface area contributed by atoms with Crippen LogP contribution in [0.1, 0.15) is 5.56 Å². The molecule has 0 aliphatic heterocycles. The molecule has 0 bridgehead atoms. The molecule has 7 heteroatoms. The number of pyridine rings is 1. The molecule has 0 radical (unpaired) electrons. The van der Waals surface area contributed by atoms with E-state index in [0.29, 0.717) is 10.6 Å². The van der Waals surface area contributed by atoms with Crippen LogP contribution in [-0.4, -0.2) is 16.0 Å².